The predicted octanol–water partition coefficient (Wildman–Crippen LogP) is 2.30. The van der Waals surface area contributed by atoms with Crippen molar-refractivity contribution in [1.29, 1.82) is 0 Å². The lowest BCUT2D eigenvalue weighted by molar-refractivity contribution is -0.122. The van der Waals surface area contributed by atoms with Gasteiger partial charge in [-0.05, 0) is 57.4 Å². The third kappa shape index (κ3) is 3.06. The number of amides is 1. The van der Waals surface area contributed by atoms with Gasteiger partial charge in [0.15, 0.2) is 5.78 Å². The number of rotatable bonds is 3. The molecule has 0 saturated carbocycles. The second kappa shape index (κ2) is 6.51. The van der Waals surface area contributed by atoms with E-state index in [-0.39, 0.29) is 23.3 Å². The molecule has 0 radical (unpaired) electrons. The van der Waals surface area contributed by atoms with Gasteiger partial charge in [-0.1, -0.05) is 0 Å². The monoisotopic (exact) mass is 330 g/mol. The Bertz CT molecular complexity index is 769. The molecule has 1 aromatic carbocycles. The fraction of sp³-hybridized carbons (Fsp3) is 0.412. The summed E-state index contributed by atoms with van der Waals surface area (Å²) in [5, 5.41) is 4.26. The number of likely N-dealkylation sites (tertiary alicyclic amines) is 1. The number of nitrogens with zero attached hydrogens (tertiary/aromatic N) is 4. The minimum absolute atomic E-state index is 0.0160. The second-order valence-corrected chi connectivity index (χ2v) is 5.99. The van der Waals surface area contributed by atoms with Crippen molar-refractivity contribution in [2.24, 2.45) is 0 Å². The molecule has 1 fully saturated rings. The standard InChI is InChI=1S/C17H19FN4O2/c1-11(23)15-5-3-4-10-21(15)17(24)16-19-12(2)22(20-16)14-8-6-13(18)7-9-14/h6-9,15H,3-5,10H2,1-2H3. The molecule has 2 aromatic rings. The van der Waals surface area contributed by atoms with Gasteiger partial charge < -0.3 is 4.90 Å². The SMILES string of the molecule is CC(=O)C1CCCCN1C(=O)c1nc(C)n(-c2ccc(F)cc2)n1. The number of halogens is 1. The van der Waals surface area contributed by atoms with Gasteiger partial charge in [-0.2, -0.15) is 0 Å². The quantitative estimate of drug-likeness (QED) is 0.866. The molecule has 0 aliphatic carbocycles. The Morgan fingerprint density at radius 2 is 1.92 bits per heavy atom. The Balaban J connectivity index is 1.89. The third-order valence-corrected chi connectivity index (χ3v) is 4.26. The van der Waals surface area contributed by atoms with Crippen LogP contribution in [0.25, 0.3) is 5.69 Å². The first-order chi connectivity index (χ1) is 11.5. The summed E-state index contributed by atoms with van der Waals surface area (Å²) < 4.78 is 14.6. The minimum atomic E-state index is -0.399. The lowest BCUT2D eigenvalue weighted by Gasteiger charge is -2.33. The molecule has 0 N–H and O–H groups in total. The molecule has 1 aliphatic heterocycles. The van der Waals surface area contributed by atoms with Crippen LogP contribution in [0, 0.1) is 12.7 Å². The second-order valence-electron chi connectivity index (χ2n) is 5.99. The maximum absolute atomic E-state index is 13.1. The summed E-state index contributed by atoms with van der Waals surface area (Å²) in [5.74, 6) is -0.103. The smallest absolute Gasteiger partial charge is 0.294 e. The van der Waals surface area contributed by atoms with E-state index in [0.717, 1.165) is 12.8 Å². The number of hydrogen-bond acceptors (Lipinski definition) is 4. The average molecular weight is 330 g/mol. The summed E-state index contributed by atoms with van der Waals surface area (Å²) in [6.07, 6.45) is 2.48. The van der Waals surface area contributed by atoms with Gasteiger partial charge in [-0.3, -0.25) is 9.59 Å². The zero-order valence-corrected chi connectivity index (χ0v) is 13.7. The first kappa shape index (κ1) is 16.3. The van der Waals surface area contributed by atoms with Gasteiger partial charge in [0.1, 0.15) is 11.6 Å². The maximum Gasteiger partial charge on any atom is 0.294 e. The van der Waals surface area contributed by atoms with E-state index in [2.05, 4.69) is 10.1 Å². The molecular formula is C17H19FN4O2. The molecule has 24 heavy (non-hydrogen) atoms. The summed E-state index contributed by atoms with van der Waals surface area (Å²) in [6, 6.07) is 5.40. The van der Waals surface area contributed by atoms with Gasteiger partial charge in [-0.15, -0.1) is 5.10 Å². The van der Waals surface area contributed by atoms with Gasteiger partial charge in [0.05, 0.1) is 11.7 Å². The van der Waals surface area contributed by atoms with Crippen molar-refractivity contribution in [3.05, 3.63) is 41.7 Å². The van der Waals surface area contributed by atoms with E-state index in [1.807, 2.05) is 0 Å². The Morgan fingerprint density at radius 3 is 2.58 bits per heavy atom. The molecule has 0 bridgehead atoms. The Kier molecular flexibility index (Phi) is 4.42. The molecule has 2 heterocycles. The third-order valence-electron chi connectivity index (χ3n) is 4.26. The van der Waals surface area contributed by atoms with Crippen LogP contribution in [0.2, 0.25) is 0 Å². The topological polar surface area (TPSA) is 68.1 Å². The van der Waals surface area contributed by atoms with Crippen LogP contribution in [0.15, 0.2) is 24.3 Å². The van der Waals surface area contributed by atoms with E-state index < -0.39 is 6.04 Å². The summed E-state index contributed by atoms with van der Waals surface area (Å²) in [4.78, 5) is 30.3. The molecule has 1 saturated heterocycles. The molecule has 3 rings (SSSR count). The molecule has 1 aromatic heterocycles. The first-order valence-corrected chi connectivity index (χ1v) is 7.98. The zero-order valence-electron chi connectivity index (χ0n) is 13.7. The van der Waals surface area contributed by atoms with Crippen molar-refractivity contribution >= 4 is 11.7 Å². The number of Topliss-reactive ketones (excluding diaryl/α,β-unsaturated/α-hetero) is 1. The zero-order chi connectivity index (χ0) is 17.3. The lowest BCUT2D eigenvalue weighted by atomic mass is 9.99. The van der Waals surface area contributed by atoms with Gasteiger partial charge in [-0.25, -0.2) is 14.1 Å². The van der Waals surface area contributed by atoms with Gasteiger partial charge in [0.2, 0.25) is 5.82 Å². The van der Waals surface area contributed by atoms with Crippen LogP contribution >= 0.6 is 0 Å². The molecule has 1 aliphatic rings. The van der Waals surface area contributed by atoms with Crippen LogP contribution in [0.5, 0.6) is 0 Å². The lowest BCUT2D eigenvalue weighted by Crippen LogP contribution is -2.47. The Hall–Kier alpha value is -2.57. The number of hydrogen-bond donors (Lipinski definition) is 0. The highest BCUT2D eigenvalue weighted by Gasteiger charge is 2.32. The van der Waals surface area contributed by atoms with E-state index in [4.69, 9.17) is 0 Å². The van der Waals surface area contributed by atoms with Crippen molar-refractivity contribution in [1.82, 2.24) is 19.7 Å². The fourth-order valence-electron chi connectivity index (χ4n) is 3.03. The number of piperidine rings is 1. The number of aryl methyl sites for hydroxylation is 1. The van der Waals surface area contributed by atoms with Gasteiger partial charge >= 0.3 is 0 Å². The average Bonchev–Trinajstić information content (AvgIpc) is 2.96. The summed E-state index contributed by atoms with van der Waals surface area (Å²) in [7, 11) is 0. The van der Waals surface area contributed by atoms with Gasteiger partial charge in [0.25, 0.3) is 5.91 Å². The fourth-order valence-corrected chi connectivity index (χ4v) is 3.03. The number of benzene rings is 1. The van der Waals surface area contributed by atoms with Crippen molar-refractivity contribution < 1.29 is 14.0 Å². The van der Waals surface area contributed by atoms with Gasteiger partial charge in [0, 0.05) is 6.54 Å². The van der Waals surface area contributed by atoms with Crippen molar-refractivity contribution in [2.45, 2.75) is 39.2 Å². The van der Waals surface area contributed by atoms with E-state index in [1.54, 1.807) is 24.0 Å². The highest BCUT2D eigenvalue weighted by atomic mass is 19.1. The van der Waals surface area contributed by atoms with Crippen LogP contribution in [0.3, 0.4) is 0 Å². The minimum Gasteiger partial charge on any atom is -0.326 e. The molecule has 7 heteroatoms. The van der Waals surface area contributed by atoms with Crippen LogP contribution in [0.4, 0.5) is 4.39 Å². The number of carbonyl (C=O) groups excluding carboxylic acids is 2. The summed E-state index contributed by atoms with van der Waals surface area (Å²) >= 11 is 0. The molecule has 6 nitrogen and oxygen atoms in total. The van der Waals surface area contributed by atoms with Crippen LogP contribution in [0.1, 0.15) is 42.6 Å². The highest BCUT2D eigenvalue weighted by molar-refractivity contribution is 5.95. The van der Waals surface area contributed by atoms with Crippen LogP contribution < -0.4 is 0 Å². The number of ketones is 1. The molecule has 1 unspecified atom stereocenters. The number of aromatic nitrogens is 3. The van der Waals surface area contributed by atoms with E-state index >= 15 is 0 Å². The summed E-state index contributed by atoms with van der Waals surface area (Å²) in [6.45, 7) is 3.77. The van der Waals surface area contributed by atoms with E-state index in [0.29, 0.717) is 24.5 Å². The molecular weight excluding hydrogens is 311 g/mol. The first-order valence-electron chi connectivity index (χ1n) is 7.98. The number of carbonyl (C=O) groups is 2. The molecule has 126 valence electrons. The van der Waals surface area contributed by atoms with E-state index in [1.165, 1.54) is 23.7 Å². The van der Waals surface area contributed by atoms with Crippen molar-refractivity contribution in [3.8, 4) is 5.69 Å². The van der Waals surface area contributed by atoms with Crippen LogP contribution in [-0.2, 0) is 4.79 Å². The summed E-state index contributed by atoms with van der Waals surface area (Å²) in [5.41, 5.74) is 0.627. The molecule has 0 spiro atoms. The van der Waals surface area contributed by atoms with E-state index in [9.17, 15) is 14.0 Å². The predicted molar refractivity (Wildman–Crippen MR) is 85.4 cm³/mol. The Labute approximate surface area is 139 Å². The van der Waals surface area contributed by atoms with Crippen LogP contribution in [-0.4, -0.2) is 43.9 Å². The molecule has 1 atom stereocenters. The maximum atomic E-state index is 13.1. The largest absolute Gasteiger partial charge is 0.326 e. The van der Waals surface area contributed by atoms with Crippen molar-refractivity contribution in [3.63, 3.8) is 0 Å². The van der Waals surface area contributed by atoms with Crippen molar-refractivity contribution in [2.75, 3.05) is 6.54 Å². The Morgan fingerprint density at radius 1 is 1.21 bits per heavy atom. The molecule has 1 amide bonds. The highest BCUT2D eigenvalue weighted by Crippen LogP contribution is 2.20. The normalized spacial score (nSPS) is 17.8.